The van der Waals surface area contributed by atoms with E-state index in [0.717, 1.165) is 38.2 Å². The van der Waals surface area contributed by atoms with Gasteiger partial charge in [-0.2, -0.15) is 5.10 Å². The van der Waals surface area contributed by atoms with Crippen LogP contribution in [0.2, 0.25) is 0 Å². The summed E-state index contributed by atoms with van der Waals surface area (Å²) in [6.45, 7) is 13.8. The first kappa shape index (κ1) is 19.5. The monoisotopic (exact) mass is 348 g/mol. The number of nitrogens with zero attached hydrogens (tertiary/aromatic N) is 4. The SMILES string of the molecule is CC(=O)N1CCCN(C(=O)CCc2c(C)nn(CC(C)C)c2C)CC1. The molecule has 25 heavy (non-hydrogen) atoms. The number of carbonyl (C=O) groups is 2. The van der Waals surface area contributed by atoms with Gasteiger partial charge in [0.25, 0.3) is 0 Å². The summed E-state index contributed by atoms with van der Waals surface area (Å²) in [6.07, 6.45) is 2.10. The first-order valence-corrected chi connectivity index (χ1v) is 9.35. The maximum atomic E-state index is 12.6. The number of amides is 2. The van der Waals surface area contributed by atoms with Gasteiger partial charge in [0.05, 0.1) is 5.69 Å². The molecule has 0 unspecified atom stereocenters. The van der Waals surface area contributed by atoms with Crippen molar-refractivity contribution in [3.05, 3.63) is 17.0 Å². The second-order valence-electron chi connectivity index (χ2n) is 7.47. The lowest BCUT2D eigenvalue weighted by Gasteiger charge is -2.21. The van der Waals surface area contributed by atoms with Gasteiger partial charge in [-0.05, 0) is 38.2 Å². The number of hydrogen-bond donors (Lipinski definition) is 0. The van der Waals surface area contributed by atoms with Crippen LogP contribution in [-0.4, -0.2) is 57.6 Å². The normalized spacial score (nSPS) is 15.6. The van der Waals surface area contributed by atoms with Gasteiger partial charge < -0.3 is 9.80 Å². The minimum Gasteiger partial charge on any atom is -0.341 e. The van der Waals surface area contributed by atoms with Crippen LogP contribution < -0.4 is 0 Å². The molecular weight excluding hydrogens is 316 g/mol. The van der Waals surface area contributed by atoms with Gasteiger partial charge in [0, 0.05) is 51.8 Å². The summed E-state index contributed by atoms with van der Waals surface area (Å²) < 4.78 is 2.07. The Bertz CT molecular complexity index is 621. The van der Waals surface area contributed by atoms with E-state index >= 15 is 0 Å². The number of hydrogen-bond acceptors (Lipinski definition) is 3. The predicted octanol–water partition coefficient (Wildman–Crippen LogP) is 2.17. The molecule has 0 bridgehead atoms. The Morgan fingerprint density at radius 2 is 1.72 bits per heavy atom. The van der Waals surface area contributed by atoms with E-state index in [1.807, 2.05) is 16.7 Å². The van der Waals surface area contributed by atoms with E-state index in [4.69, 9.17) is 0 Å². The topological polar surface area (TPSA) is 58.4 Å². The molecule has 140 valence electrons. The Morgan fingerprint density at radius 1 is 1.08 bits per heavy atom. The van der Waals surface area contributed by atoms with Crippen molar-refractivity contribution in [2.45, 2.75) is 60.4 Å². The quantitative estimate of drug-likeness (QED) is 0.819. The van der Waals surface area contributed by atoms with Crippen molar-refractivity contribution >= 4 is 11.8 Å². The molecule has 0 aromatic carbocycles. The lowest BCUT2D eigenvalue weighted by molar-refractivity contribution is -0.132. The summed E-state index contributed by atoms with van der Waals surface area (Å²) in [5.41, 5.74) is 3.41. The highest BCUT2D eigenvalue weighted by molar-refractivity contribution is 5.77. The van der Waals surface area contributed by atoms with Crippen molar-refractivity contribution in [2.24, 2.45) is 5.92 Å². The summed E-state index contributed by atoms with van der Waals surface area (Å²) in [5, 5.41) is 4.63. The van der Waals surface area contributed by atoms with E-state index in [1.54, 1.807) is 6.92 Å². The summed E-state index contributed by atoms with van der Waals surface area (Å²) in [4.78, 5) is 27.8. The fraction of sp³-hybridized carbons (Fsp3) is 0.737. The molecule has 0 N–H and O–H groups in total. The molecule has 2 heterocycles. The van der Waals surface area contributed by atoms with Gasteiger partial charge >= 0.3 is 0 Å². The van der Waals surface area contributed by atoms with Crippen LogP contribution in [0.25, 0.3) is 0 Å². The Kier molecular flexibility index (Phi) is 6.62. The largest absolute Gasteiger partial charge is 0.341 e. The van der Waals surface area contributed by atoms with Crippen LogP contribution in [-0.2, 0) is 22.6 Å². The molecule has 1 aromatic heterocycles. The molecule has 1 fully saturated rings. The van der Waals surface area contributed by atoms with Crippen molar-refractivity contribution in [1.29, 1.82) is 0 Å². The van der Waals surface area contributed by atoms with Gasteiger partial charge in [0.2, 0.25) is 11.8 Å². The van der Waals surface area contributed by atoms with Gasteiger partial charge in [0.15, 0.2) is 0 Å². The first-order valence-electron chi connectivity index (χ1n) is 9.35. The summed E-state index contributed by atoms with van der Waals surface area (Å²) in [6, 6.07) is 0. The number of aromatic nitrogens is 2. The Labute approximate surface area is 151 Å². The third-order valence-corrected chi connectivity index (χ3v) is 4.95. The molecule has 0 aliphatic carbocycles. The highest BCUT2D eigenvalue weighted by Crippen LogP contribution is 2.17. The van der Waals surface area contributed by atoms with Crippen LogP contribution in [0.5, 0.6) is 0 Å². The lowest BCUT2D eigenvalue weighted by Crippen LogP contribution is -2.36. The first-order chi connectivity index (χ1) is 11.8. The second-order valence-corrected chi connectivity index (χ2v) is 7.47. The summed E-state index contributed by atoms with van der Waals surface area (Å²) in [7, 11) is 0. The van der Waals surface area contributed by atoms with Crippen LogP contribution in [0.3, 0.4) is 0 Å². The maximum absolute atomic E-state index is 12.6. The van der Waals surface area contributed by atoms with E-state index in [9.17, 15) is 9.59 Å². The van der Waals surface area contributed by atoms with Crippen molar-refractivity contribution in [1.82, 2.24) is 19.6 Å². The Hall–Kier alpha value is -1.85. The number of carbonyl (C=O) groups excluding carboxylic acids is 2. The van der Waals surface area contributed by atoms with Crippen LogP contribution in [0, 0.1) is 19.8 Å². The highest BCUT2D eigenvalue weighted by Gasteiger charge is 2.21. The van der Waals surface area contributed by atoms with Crippen molar-refractivity contribution < 1.29 is 9.59 Å². The third kappa shape index (κ3) is 5.06. The standard InChI is InChI=1S/C19H32N4O2/c1-14(2)13-23-16(4)18(15(3)20-23)7-8-19(25)22-10-6-9-21(11-12-22)17(5)24/h14H,6-13H2,1-5H3. The Morgan fingerprint density at radius 3 is 2.36 bits per heavy atom. The van der Waals surface area contributed by atoms with Gasteiger partial charge in [-0.3, -0.25) is 14.3 Å². The molecule has 0 atom stereocenters. The van der Waals surface area contributed by atoms with Crippen LogP contribution in [0.4, 0.5) is 0 Å². The summed E-state index contributed by atoms with van der Waals surface area (Å²) in [5.74, 6) is 0.827. The minimum atomic E-state index is 0.0955. The van der Waals surface area contributed by atoms with E-state index in [-0.39, 0.29) is 11.8 Å². The van der Waals surface area contributed by atoms with Gasteiger partial charge in [0.1, 0.15) is 0 Å². The minimum absolute atomic E-state index is 0.0955. The second kappa shape index (κ2) is 8.50. The number of rotatable bonds is 5. The van der Waals surface area contributed by atoms with E-state index in [1.165, 1.54) is 11.3 Å². The van der Waals surface area contributed by atoms with Crippen molar-refractivity contribution in [3.8, 4) is 0 Å². The molecule has 1 aromatic rings. The predicted molar refractivity (Wildman–Crippen MR) is 98.3 cm³/mol. The van der Waals surface area contributed by atoms with E-state index < -0.39 is 0 Å². The Balaban J connectivity index is 1.94. The maximum Gasteiger partial charge on any atom is 0.222 e. The fourth-order valence-electron chi connectivity index (χ4n) is 3.49. The third-order valence-electron chi connectivity index (χ3n) is 4.95. The molecule has 6 heteroatoms. The average molecular weight is 348 g/mol. The summed E-state index contributed by atoms with van der Waals surface area (Å²) >= 11 is 0. The van der Waals surface area contributed by atoms with Gasteiger partial charge in [-0.15, -0.1) is 0 Å². The molecule has 2 amide bonds. The number of aryl methyl sites for hydroxylation is 1. The van der Waals surface area contributed by atoms with Crippen molar-refractivity contribution in [3.63, 3.8) is 0 Å². The highest BCUT2D eigenvalue weighted by atomic mass is 16.2. The van der Waals surface area contributed by atoms with Crippen LogP contribution in [0.1, 0.15) is 50.6 Å². The molecule has 6 nitrogen and oxygen atoms in total. The molecule has 0 saturated carbocycles. The van der Waals surface area contributed by atoms with E-state index in [2.05, 4.69) is 30.6 Å². The molecule has 2 rings (SSSR count). The average Bonchev–Trinajstić information content (AvgIpc) is 2.72. The molecule has 0 spiro atoms. The zero-order valence-corrected chi connectivity index (χ0v) is 16.3. The smallest absolute Gasteiger partial charge is 0.222 e. The molecular formula is C19H32N4O2. The van der Waals surface area contributed by atoms with E-state index in [0.29, 0.717) is 25.4 Å². The zero-order valence-electron chi connectivity index (χ0n) is 16.3. The fourth-order valence-corrected chi connectivity index (χ4v) is 3.49. The molecule has 1 aliphatic heterocycles. The molecule has 1 aliphatic rings. The van der Waals surface area contributed by atoms with Gasteiger partial charge in [-0.25, -0.2) is 0 Å². The molecule has 0 radical (unpaired) electrons. The van der Waals surface area contributed by atoms with Crippen LogP contribution >= 0.6 is 0 Å². The van der Waals surface area contributed by atoms with Crippen LogP contribution in [0.15, 0.2) is 0 Å². The zero-order chi connectivity index (χ0) is 18.6. The van der Waals surface area contributed by atoms with Crippen molar-refractivity contribution in [2.75, 3.05) is 26.2 Å². The lowest BCUT2D eigenvalue weighted by atomic mass is 10.1. The van der Waals surface area contributed by atoms with Gasteiger partial charge in [-0.1, -0.05) is 13.8 Å². The molecule has 1 saturated heterocycles.